The van der Waals surface area contributed by atoms with Crippen molar-refractivity contribution in [3.63, 3.8) is 0 Å². The molecule has 0 bridgehead atoms. The second kappa shape index (κ2) is 5.15. The number of halogens is 3. The zero-order valence-corrected chi connectivity index (χ0v) is 11.0. The SMILES string of the molecule is CC(C)Oc1ccc2ccc(C(=O)C(F)(F)F)cc2c1. The standard InChI is InChI=1S/C15H13F3O2/c1-9(2)20-13-6-5-10-3-4-11(7-12(10)8-13)14(19)15(16,17)18/h3-9H,1-2H3. The molecule has 20 heavy (non-hydrogen) atoms. The molecule has 106 valence electrons. The van der Waals surface area contributed by atoms with Crippen LogP contribution < -0.4 is 4.74 Å². The molecule has 0 radical (unpaired) electrons. The van der Waals surface area contributed by atoms with Crippen LogP contribution in [0.4, 0.5) is 13.2 Å². The Bertz CT molecular complexity index is 645. The Morgan fingerprint density at radius 3 is 2.30 bits per heavy atom. The fourth-order valence-corrected chi connectivity index (χ4v) is 1.88. The zero-order valence-electron chi connectivity index (χ0n) is 11.0. The minimum Gasteiger partial charge on any atom is -0.491 e. The van der Waals surface area contributed by atoms with E-state index in [-0.39, 0.29) is 11.7 Å². The fraction of sp³-hybridized carbons (Fsp3) is 0.267. The van der Waals surface area contributed by atoms with Gasteiger partial charge in [-0.1, -0.05) is 18.2 Å². The van der Waals surface area contributed by atoms with E-state index in [1.54, 1.807) is 18.2 Å². The molecule has 0 fully saturated rings. The molecule has 0 saturated carbocycles. The van der Waals surface area contributed by atoms with Gasteiger partial charge in [-0.15, -0.1) is 0 Å². The molecule has 0 aliphatic heterocycles. The lowest BCUT2D eigenvalue weighted by Crippen LogP contribution is -2.22. The molecule has 0 unspecified atom stereocenters. The van der Waals surface area contributed by atoms with Gasteiger partial charge in [-0.3, -0.25) is 4.79 Å². The smallest absolute Gasteiger partial charge is 0.454 e. The first kappa shape index (κ1) is 14.4. The predicted molar refractivity (Wildman–Crippen MR) is 70.1 cm³/mol. The van der Waals surface area contributed by atoms with Gasteiger partial charge in [-0.2, -0.15) is 13.2 Å². The highest BCUT2D eigenvalue weighted by atomic mass is 19.4. The molecule has 5 heteroatoms. The van der Waals surface area contributed by atoms with Gasteiger partial charge in [0.2, 0.25) is 0 Å². The second-order valence-corrected chi connectivity index (χ2v) is 4.72. The molecule has 0 N–H and O–H groups in total. The van der Waals surface area contributed by atoms with Crippen molar-refractivity contribution in [3.8, 4) is 5.75 Å². The second-order valence-electron chi connectivity index (χ2n) is 4.72. The van der Waals surface area contributed by atoms with Gasteiger partial charge < -0.3 is 4.74 Å². The Labute approximate surface area is 114 Å². The molecule has 0 spiro atoms. The summed E-state index contributed by atoms with van der Waals surface area (Å²) >= 11 is 0. The van der Waals surface area contributed by atoms with Crippen molar-refractivity contribution in [2.24, 2.45) is 0 Å². The predicted octanol–water partition coefficient (Wildman–Crippen LogP) is 4.37. The number of benzene rings is 2. The van der Waals surface area contributed by atoms with Gasteiger partial charge in [-0.25, -0.2) is 0 Å². The van der Waals surface area contributed by atoms with Gasteiger partial charge in [0.25, 0.3) is 5.78 Å². The van der Waals surface area contributed by atoms with Gasteiger partial charge in [0.1, 0.15) is 5.75 Å². The minimum absolute atomic E-state index is 0.0348. The van der Waals surface area contributed by atoms with Crippen LogP contribution in [0.15, 0.2) is 36.4 Å². The number of Topliss-reactive ketones (excluding diaryl/α,β-unsaturated/α-hetero) is 1. The molecular weight excluding hydrogens is 269 g/mol. The first-order valence-electron chi connectivity index (χ1n) is 6.09. The van der Waals surface area contributed by atoms with Crippen LogP contribution in [0.5, 0.6) is 5.75 Å². The van der Waals surface area contributed by atoms with E-state index >= 15 is 0 Å². The third kappa shape index (κ3) is 3.10. The lowest BCUT2D eigenvalue weighted by molar-refractivity contribution is -0.0885. The molecule has 0 aliphatic rings. The summed E-state index contributed by atoms with van der Waals surface area (Å²) < 4.78 is 42.7. The molecular formula is C15H13F3O2. The zero-order chi connectivity index (χ0) is 14.9. The first-order chi connectivity index (χ1) is 9.27. The number of hydrogen-bond acceptors (Lipinski definition) is 2. The van der Waals surface area contributed by atoms with Gasteiger partial charge >= 0.3 is 6.18 Å². The molecule has 0 atom stereocenters. The van der Waals surface area contributed by atoms with Crippen molar-refractivity contribution in [1.82, 2.24) is 0 Å². The highest BCUT2D eigenvalue weighted by molar-refractivity contribution is 6.03. The fourth-order valence-electron chi connectivity index (χ4n) is 1.88. The van der Waals surface area contributed by atoms with Gasteiger partial charge in [0.15, 0.2) is 0 Å². The minimum atomic E-state index is -4.86. The number of fused-ring (bicyclic) bond motifs is 1. The number of alkyl halides is 3. The van der Waals surface area contributed by atoms with Crippen LogP contribution in [0.3, 0.4) is 0 Å². The van der Waals surface area contributed by atoms with E-state index in [1.165, 1.54) is 18.2 Å². The van der Waals surface area contributed by atoms with Crippen LogP contribution >= 0.6 is 0 Å². The van der Waals surface area contributed by atoms with E-state index in [4.69, 9.17) is 4.74 Å². The molecule has 2 rings (SSSR count). The largest absolute Gasteiger partial charge is 0.491 e. The Hall–Kier alpha value is -2.04. The van der Waals surface area contributed by atoms with Crippen molar-refractivity contribution in [1.29, 1.82) is 0 Å². The topological polar surface area (TPSA) is 26.3 Å². The Morgan fingerprint density at radius 2 is 1.70 bits per heavy atom. The molecule has 0 heterocycles. The maximum atomic E-state index is 12.4. The van der Waals surface area contributed by atoms with Crippen molar-refractivity contribution in [3.05, 3.63) is 42.0 Å². The highest BCUT2D eigenvalue weighted by Gasteiger charge is 2.39. The van der Waals surface area contributed by atoms with Crippen LogP contribution in [-0.4, -0.2) is 18.1 Å². The van der Waals surface area contributed by atoms with E-state index < -0.39 is 12.0 Å². The maximum Gasteiger partial charge on any atom is 0.454 e. The van der Waals surface area contributed by atoms with E-state index in [0.29, 0.717) is 11.1 Å². The summed E-state index contributed by atoms with van der Waals surface area (Å²) in [4.78, 5) is 11.2. The number of hydrogen-bond donors (Lipinski definition) is 0. The number of ether oxygens (including phenoxy) is 1. The summed E-state index contributed by atoms with van der Waals surface area (Å²) in [6, 6.07) is 9.03. The van der Waals surface area contributed by atoms with Crippen LogP contribution in [0.2, 0.25) is 0 Å². The molecule has 2 nitrogen and oxygen atoms in total. The molecule has 0 aromatic heterocycles. The summed E-state index contributed by atoms with van der Waals surface area (Å²) in [6.45, 7) is 3.71. The van der Waals surface area contributed by atoms with Crippen LogP contribution in [0, 0.1) is 0 Å². The third-order valence-electron chi connectivity index (χ3n) is 2.70. The summed E-state index contributed by atoms with van der Waals surface area (Å²) in [5.41, 5.74) is -0.369. The molecule has 0 amide bonds. The molecule has 2 aromatic carbocycles. The van der Waals surface area contributed by atoms with Crippen molar-refractivity contribution in [2.75, 3.05) is 0 Å². The van der Waals surface area contributed by atoms with Crippen LogP contribution in [-0.2, 0) is 0 Å². The lowest BCUT2D eigenvalue weighted by atomic mass is 10.0. The summed E-state index contributed by atoms with van der Waals surface area (Å²) in [6.07, 6.45) is -4.90. The normalized spacial score (nSPS) is 11.9. The van der Waals surface area contributed by atoms with Gasteiger partial charge in [-0.05, 0) is 42.8 Å². The van der Waals surface area contributed by atoms with Crippen molar-refractivity contribution in [2.45, 2.75) is 26.1 Å². The lowest BCUT2D eigenvalue weighted by Gasteiger charge is -2.11. The summed E-state index contributed by atoms with van der Waals surface area (Å²) in [5.74, 6) is -1.28. The average Bonchev–Trinajstić information content (AvgIpc) is 2.35. The third-order valence-corrected chi connectivity index (χ3v) is 2.70. The monoisotopic (exact) mass is 282 g/mol. The number of ketones is 1. The maximum absolute atomic E-state index is 12.4. The van der Waals surface area contributed by atoms with Crippen molar-refractivity contribution < 1.29 is 22.7 Å². The summed E-state index contributed by atoms with van der Waals surface area (Å²) in [5, 5.41) is 1.29. The van der Waals surface area contributed by atoms with Crippen LogP contribution in [0.1, 0.15) is 24.2 Å². The van der Waals surface area contributed by atoms with Gasteiger partial charge in [0, 0.05) is 5.56 Å². The molecule has 2 aromatic rings. The Morgan fingerprint density at radius 1 is 1.05 bits per heavy atom. The highest BCUT2D eigenvalue weighted by Crippen LogP contribution is 2.26. The van der Waals surface area contributed by atoms with E-state index in [2.05, 4.69) is 0 Å². The van der Waals surface area contributed by atoms with Gasteiger partial charge in [0.05, 0.1) is 6.10 Å². The average molecular weight is 282 g/mol. The van der Waals surface area contributed by atoms with E-state index in [0.717, 1.165) is 5.39 Å². The number of carbonyl (C=O) groups excluding carboxylic acids is 1. The Kier molecular flexibility index (Phi) is 3.70. The number of rotatable bonds is 3. The molecule has 0 aliphatic carbocycles. The van der Waals surface area contributed by atoms with Crippen LogP contribution in [0.25, 0.3) is 10.8 Å². The Balaban J connectivity index is 2.44. The van der Waals surface area contributed by atoms with E-state index in [1.807, 2.05) is 13.8 Å². The summed E-state index contributed by atoms with van der Waals surface area (Å²) in [7, 11) is 0. The van der Waals surface area contributed by atoms with Crippen molar-refractivity contribution >= 4 is 16.6 Å². The van der Waals surface area contributed by atoms with E-state index in [9.17, 15) is 18.0 Å². The quantitative estimate of drug-likeness (QED) is 0.781. The first-order valence-corrected chi connectivity index (χ1v) is 6.09. The molecule has 0 saturated heterocycles. The number of carbonyl (C=O) groups is 1.